The summed E-state index contributed by atoms with van der Waals surface area (Å²) in [6.07, 6.45) is 6.05. The molecule has 0 spiro atoms. The average Bonchev–Trinajstić information content (AvgIpc) is 3.62. The fourth-order valence-electron chi connectivity index (χ4n) is 4.85. The van der Waals surface area contributed by atoms with E-state index < -0.39 is 15.8 Å². The Labute approximate surface area is 205 Å². The maximum absolute atomic E-state index is 12.6. The van der Waals surface area contributed by atoms with Crippen LogP contribution in [-0.4, -0.2) is 47.9 Å². The molecule has 1 saturated carbocycles. The van der Waals surface area contributed by atoms with Crippen molar-refractivity contribution >= 4 is 15.8 Å². The van der Waals surface area contributed by atoms with Crippen molar-refractivity contribution in [1.82, 2.24) is 9.97 Å². The quantitative estimate of drug-likeness (QED) is 0.450. The Morgan fingerprint density at radius 3 is 2.40 bits per heavy atom. The number of carboxylic acids is 1. The number of rotatable bonds is 9. The van der Waals surface area contributed by atoms with Gasteiger partial charge in [0.25, 0.3) is 0 Å². The number of H-pyrrole nitrogens is 1. The van der Waals surface area contributed by atoms with Gasteiger partial charge in [0, 0.05) is 31.0 Å². The van der Waals surface area contributed by atoms with E-state index in [9.17, 15) is 13.2 Å². The lowest BCUT2D eigenvalue weighted by molar-refractivity contribution is -0.136. The summed E-state index contributed by atoms with van der Waals surface area (Å²) in [7, 11) is -3.21. The fraction of sp³-hybridized carbons (Fsp3) is 0.407. The zero-order valence-corrected chi connectivity index (χ0v) is 20.3. The fourth-order valence-corrected chi connectivity index (χ4v) is 6.50. The summed E-state index contributed by atoms with van der Waals surface area (Å²) < 4.78 is 30.8. The molecule has 0 radical (unpaired) electrons. The maximum atomic E-state index is 12.6. The normalized spacial score (nSPS) is 17.8. The van der Waals surface area contributed by atoms with E-state index in [1.54, 1.807) is 24.4 Å². The summed E-state index contributed by atoms with van der Waals surface area (Å²) in [5.41, 5.74) is 4.42. The Kier molecular flexibility index (Phi) is 6.75. The van der Waals surface area contributed by atoms with Crippen LogP contribution in [0.1, 0.15) is 54.8 Å². The Morgan fingerprint density at radius 1 is 1.03 bits per heavy atom. The first-order valence-electron chi connectivity index (χ1n) is 12.2. The molecule has 0 amide bonds. The monoisotopic (exact) mass is 494 g/mol. The van der Waals surface area contributed by atoms with Gasteiger partial charge < -0.3 is 14.8 Å². The SMILES string of the molecule is O=C(O)Cc1ccc(-c2ccc(C(CC3CCOCC3)c3ccc(S(=O)(=O)C4CC4)cc3)[nH]2)nc1. The molecule has 1 atom stereocenters. The van der Waals surface area contributed by atoms with Gasteiger partial charge in [-0.3, -0.25) is 9.78 Å². The van der Waals surface area contributed by atoms with Crippen LogP contribution in [0.3, 0.4) is 0 Å². The second-order valence-electron chi connectivity index (χ2n) is 9.61. The van der Waals surface area contributed by atoms with Crippen LogP contribution in [0.5, 0.6) is 0 Å². The van der Waals surface area contributed by atoms with Crippen molar-refractivity contribution in [3.05, 3.63) is 71.5 Å². The van der Waals surface area contributed by atoms with E-state index in [1.165, 1.54) is 0 Å². The molecule has 5 rings (SSSR count). The standard InChI is InChI=1S/C27H30N2O5S/c30-27(31)16-19-1-8-25(28-17-19)26-10-9-24(29-26)23(15-18-11-13-34-14-12-18)20-2-4-21(5-3-20)35(32,33)22-6-7-22/h1-5,8-10,17-18,22-23,29H,6-7,11-16H2,(H,30,31). The van der Waals surface area contributed by atoms with Crippen LogP contribution in [-0.2, 0) is 25.8 Å². The molecule has 8 heteroatoms. The largest absolute Gasteiger partial charge is 0.481 e. The molecule has 2 aromatic heterocycles. The first-order chi connectivity index (χ1) is 16.9. The zero-order valence-electron chi connectivity index (χ0n) is 19.5. The smallest absolute Gasteiger partial charge is 0.307 e. The molecule has 1 aliphatic heterocycles. The lowest BCUT2D eigenvalue weighted by Crippen LogP contribution is -2.19. The Balaban J connectivity index is 1.41. The third kappa shape index (κ3) is 5.49. The first kappa shape index (κ1) is 23.8. The van der Waals surface area contributed by atoms with E-state index in [-0.39, 0.29) is 17.6 Å². The molecule has 3 heterocycles. The Hall–Kier alpha value is -2.97. The van der Waals surface area contributed by atoms with Gasteiger partial charge in [-0.2, -0.15) is 0 Å². The van der Waals surface area contributed by atoms with Crippen molar-refractivity contribution in [1.29, 1.82) is 0 Å². The van der Waals surface area contributed by atoms with E-state index in [4.69, 9.17) is 9.84 Å². The lowest BCUT2D eigenvalue weighted by Gasteiger charge is -2.27. The molecule has 1 aliphatic carbocycles. The molecule has 7 nitrogen and oxygen atoms in total. The van der Waals surface area contributed by atoms with Gasteiger partial charge in [-0.15, -0.1) is 0 Å². The Morgan fingerprint density at radius 2 is 1.77 bits per heavy atom. The van der Waals surface area contributed by atoms with Crippen molar-refractivity contribution in [3.8, 4) is 11.4 Å². The van der Waals surface area contributed by atoms with Crippen LogP contribution in [0.25, 0.3) is 11.4 Å². The number of ether oxygens (including phenoxy) is 1. The second-order valence-corrected chi connectivity index (χ2v) is 11.8. The minimum Gasteiger partial charge on any atom is -0.481 e. The zero-order chi connectivity index (χ0) is 24.4. The number of nitrogens with zero attached hydrogens (tertiary/aromatic N) is 1. The van der Waals surface area contributed by atoms with Gasteiger partial charge in [0.2, 0.25) is 0 Å². The number of nitrogens with one attached hydrogen (secondary N) is 1. The molecule has 0 bridgehead atoms. The number of sulfone groups is 1. The number of pyridine rings is 1. The number of carboxylic acid groups (broad SMARTS) is 1. The summed E-state index contributed by atoms with van der Waals surface area (Å²) in [4.78, 5) is 19.3. The molecule has 184 valence electrons. The molecule has 35 heavy (non-hydrogen) atoms. The van der Waals surface area contributed by atoms with Crippen molar-refractivity contribution in [2.45, 2.75) is 54.6 Å². The highest BCUT2D eigenvalue weighted by molar-refractivity contribution is 7.92. The van der Waals surface area contributed by atoms with Crippen molar-refractivity contribution < 1.29 is 23.1 Å². The van der Waals surface area contributed by atoms with Crippen molar-refractivity contribution in [2.24, 2.45) is 5.92 Å². The second kappa shape index (κ2) is 9.95. The van der Waals surface area contributed by atoms with Crippen LogP contribution in [0.4, 0.5) is 0 Å². The van der Waals surface area contributed by atoms with Crippen molar-refractivity contribution in [2.75, 3.05) is 13.2 Å². The van der Waals surface area contributed by atoms with Gasteiger partial charge >= 0.3 is 5.97 Å². The molecule has 2 N–H and O–H groups in total. The molecule has 1 saturated heterocycles. The lowest BCUT2D eigenvalue weighted by atomic mass is 9.83. The summed E-state index contributed by atoms with van der Waals surface area (Å²) >= 11 is 0. The number of hydrogen-bond acceptors (Lipinski definition) is 5. The van der Waals surface area contributed by atoms with E-state index in [0.717, 1.165) is 68.0 Å². The molecule has 1 aromatic carbocycles. The van der Waals surface area contributed by atoms with E-state index in [1.807, 2.05) is 24.3 Å². The van der Waals surface area contributed by atoms with Crippen LogP contribution in [0, 0.1) is 5.92 Å². The highest BCUT2D eigenvalue weighted by Crippen LogP contribution is 2.37. The number of aromatic nitrogens is 2. The minimum atomic E-state index is -3.21. The maximum Gasteiger partial charge on any atom is 0.307 e. The molecule has 2 aliphatic rings. The van der Waals surface area contributed by atoms with Crippen molar-refractivity contribution in [3.63, 3.8) is 0 Å². The van der Waals surface area contributed by atoms with Crippen LogP contribution in [0.15, 0.2) is 59.6 Å². The first-order valence-corrected chi connectivity index (χ1v) is 13.7. The molecule has 1 unspecified atom stereocenters. The van der Waals surface area contributed by atoms with Gasteiger partial charge in [-0.1, -0.05) is 18.2 Å². The summed E-state index contributed by atoms with van der Waals surface area (Å²) in [6.45, 7) is 1.55. The van der Waals surface area contributed by atoms with Gasteiger partial charge in [-0.05, 0) is 79.5 Å². The van der Waals surface area contributed by atoms with Gasteiger partial charge in [0.15, 0.2) is 9.84 Å². The number of aliphatic carboxylic acids is 1. The highest BCUT2D eigenvalue weighted by Gasteiger charge is 2.37. The van der Waals surface area contributed by atoms with Crippen LogP contribution < -0.4 is 0 Å². The number of aromatic amines is 1. The molecule has 2 fully saturated rings. The topological polar surface area (TPSA) is 109 Å². The third-order valence-corrected chi connectivity index (χ3v) is 9.30. The number of hydrogen-bond donors (Lipinski definition) is 2. The summed E-state index contributed by atoms with van der Waals surface area (Å²) in [5, 5.41) is 8.76. The van der Waals surface area contributed by atoms with Crippen LogP contribution in [0.2, 0.25) is 0 Å². The summed E-state index contributed by atoms with van der Waals surface area (Å²) in [5.74, 6) is -0.256. The minimum absolute atomic E-state index is 0.0527. The average molecular weight is 495 g/mol. The van der Waals surface area contributed by atoms with Crippen LogP contribution >= 0.6 is 0 Å². The molecular weight excluding hydrogens is 464 g/mol. The third-order valence-electron chi connectivity index (χ3n) is 7.02. The van der Waals surface area contributed by atoms with Gasteiger partial charge in [0.1, 0.15) is 0 Å². The van der Waals surface area contributed by atoms with Gasteiger partial charge in [-0.25, -0.2) is 8.42 Å². The predicted octanol–water partition coefficient (Wildman–Crippen LogP) is 4.59. The predicted molar refractivity (Wildman–Crippen MR) is 132 cm³/mol. The highest BCUT2D eigenvalue weighted by atomic mass is 32.2. The van der Waals surface area contributed by atoms with E-state index in [0.29, 0.717) is 16.4 Å². The Bertz CT molecular complexity index is 1270. The number of benzene rings is 1. The number of carbonyl (C=O) groups is 1. The molecule has 3 aromatic rings. The van der Waals surface area contributed by atoms with E-state index >= 15 is 0 Å². The molecular formula is C27H30N2O5S. The van der Waals surface area contributed by atoms with E-state index in [2.05, 4.69) is 16.0 Å². The van der Waals surface area contributed by atoms with Gasteiger partial charge in [0.05, 0.1) is 28.0 Å². The summed E-state index contributed by atoms with van der Waals surface area (Å²) in [6, 6.07) is 15.1.